The molecule has 27 heavy (non-hydrogen) atoms. The molecule has 2 atom stereocenters. The Morgan fingerprint density at radius 3 is 3.00 bits per heavy atom. The number of rotatable bonds is 2. The van der Waals surface area contributed by atoms with Crippen LogP contribution in [0.2, 0.25) is 0 Å². The van der Waals surface area contributed by atoms with Crippen LogP contribution >= 0.6 is 0 Å². The predicted octanol–water partition coefficient (Wildman–Crippen LogP) is 0.547. The second-order valence-electron chi connectivity index (χ2n) is 6.23. The first-order valence-corrected chi connectivity index (χ1v) is 8.62. The fourth-order valence-electron chi connectivity index (χ4n) is 3.59. The molecule has 2 aliphatic heterocycles. The Balaban J connectivity index is 1.94. The summed E-state index contributed by atoms with van der Waals surface area (Å²) in [5, 5.41) is 24.5. The minimum absolute atomic E-state index is 0.276. The molecular weight excluding hydrogens is 346 g/mol. The molecule has 1 aromatic carbocycles. The third-order valence-electron chi connectivity index (χ3n) is 4.82. The van der Waals surface area contributed by atoms with Crippen LogP contribution in [-0.2, 0) is 4.74 Å². The molecule has 2 unspecified atom stereocenters. The van der Waals surface area contributed by atoms with Crippen LogP contribution in [0.3, 0.4) is 0 Å². The second-order valence-corrected chi connectivity index (χ2v) is 6.23. The molecule has 1 saturated heterocycles. The van der Waals surface area contributed by atoms with Crippen molar-refractivity contribution < 1.29 is 9.37 Å². The Kier molecular flexibility index (Phi) is 4.58. The first-order valence-electron chi connectivity index (χ1n) is 8.62. The summed E-state index contributed by atoms with van der Waals surface area (Å²) >= 11 is 0. The summed E-state index contributed by atoms with van der Waals surface area (Å²) in [7, 11) is 1.68. The number of amidine groups is 1. The van der Waals surface area contributed by atoms with Gasteiger partial charge in [-0.1, -0.05) is 12.1 Å². The average molecular weight is 365 g/mol. The average Bonchev–Trinajstić information content (AvgIpc) is 3.21. The molecule has 0 saturated carbocycles. The van der Waals surface area contributed by atoms with E-state index in [-0.39, 0.29) is 6.10 Å². The quantitative estimate of drug-likeness (QED) is 0.702. The van der Waals surface area contributed by atoms with E-state index in [1.165, 1.54) is 6.20 Å². The number of nitriles is 1. The van der Waals surface area contributed by atoms with Gasteiger partial charge in [0.2, 0.25) is 0 Å². The van der Waals surface area contributed by atoms with Crippen LogP contribution < -0.4 is 16.4 Å². The molecule has 1 fully saturated rings. The molecule has 0 radical (unpaired) electrons. The number of morpholine rings is 1. The highest BCUT2D eigenvalue weighted by Gasteiger charge is 2.37. The zero-order valence-electron chi connectivity index (χ0n) is 14.8. The molecule has 0 aliphatic carbocycles. The predicted molar refractivity (Wildman–Crippen MR) is 98.6 cm³/mol. The van der Waals surface area contributed by atoms with Gasteiger partial charge in [-0.3, -0.25) is 4.99 Å². The molecule has 9 nitrogen and oxygen atoms in total. The summed E-state index contributed by atoms with van der Waals surface area (Å²) in [6.45, 7) is 1.95. The first kappa shape index (κ1) is 17.2. The minimum atomic E-state index is -0.448. The van der Waals surface area contributed by atoms with E-state index < -0.39 is 5.92 Å². The molecule has 138 valence electrons. The van der Waals surface area contributed by atoms with Gasteiger partial charge in [-0.15, -0.1) is 0 Å². The van der Waals surface area contributed by atoms with E-state index >= 15 is 0 Å². The summed E-state index contributed by atoms with van der Waals surface area (Å²) < 4.78 is 10.8. The number of hydrogen-bond donors (Lipinski definition) is 3. The van der Waals surface area contributed by atoms with Gasteiger partial charge in [0.05, 0.1) is 29.9 Å². The van der Waals surface area contributed by atoms with Crippen LogP contribution in [0.5, 0.6) is 0 Å². The van der Waals surface area contributed by atoms with Crippen molar-refractivity contribution in [2.45, 2.75) is 12.0 Å². The summed E-state index contributed by atoms with van der Waals surface area (Å²) in [5.41, 5.74) is 9.83. The second kappa shape index (κ2) is 7.19. The van der Waals surface area contributed by atoms with Crippen LogP contribution in [0.15, 0.2) is 50.9 Å². The number of aliphatic imine (C=N–C) groups is 1. The molecule has 1 aromatic heterocycles. The van der Waals surface area contributed by atoms with Crippen molar-refractivity contribution >= 4 is 16.9 Å². The number of nitrogens with zero attached hydrogens (tertiary/aromatic N) is 4. The Hall–Kier alpha value is -3.22. The van der Waals surface area contributed by atoms with Crippen molar-refractivity contribution in [3.8, 4) is 6.07 Å². The maximum absolute atomic E-state index is 10.0. The van der Waals surface area contributed by atoms with Crippen molar-refractivity contribution in [2.75, 3.05) is 26.7 Å². The monoisotopic (exact) mass is 365 g/mol. The Labute approximate surface area is 155 Å². The number of benzene rings is 1. The van der Waals surface area contributed by atoms with Gasteiger partial charge in [-0.05, 0) is 21.9 Å². The fraction of sp³-hybridized carbons (Fsp3) is 0.333. The molecule has 2 aromatic rings. The Morgan fingerprint density at radius 2 is 2.30 bits per heavy atom. The van der Waals surface area contributed by atoms with E-state index in [2.05, 4.69) is 32.0 Å². The third kappa shape index (κ3) is 2.85. The summed E-state index contributed by atoms with van der Waals surface area (Å²) in [5.74, 6) is 0.148. The number of allylic oxidation sites excluding steroid dienone is 1. The molecule has 4 rings (SSSR count). The molecule has 4 N–H and O–H groups in total. The van der Waals surface area contributed by atoms with Gasteiger partial charge in [0, 0.05) is 31.9 Å². The van der Waals surface area contributed by atoms with Gasteiger partial charge < -0.3 is 21.1 Å². The molecule has 2 aliphatic rings. The van der Waals surface area contributed by atoms with Crippen LogP contribution in [-0.4, -0.2) is 49.0 Å². The van der Waals surface area contributed by atoms with E-state index in [9.17, 15) is 5.26 Å². The Morgan fingerprint density at radius 1 is 1.41 bits per heavy atom. The van der Waals surface area contributed by atoms with Crippen molar-refractivity contribution in [3.63, 3.8) is 0 Å². The molecular formula is C18H19N7O2. The molecule has 3 heterocycles. The standard InChI is InChI=1S/C18H19N7O2/c1-21-18-12(8-20)15(10-3-2-4-13-16(10)25-27-24-13)11(7-19)17(23-18)14-9-22-5-6-26-14/h2-4,8,14-15,22H,5-6,9,20H2,1H3,(H,21,23)/b12-8-. The van der Waals surface area contributed by atoms with Crippen LogP contribution in [0, 0.1) is 11.3 Å². The fourth-order valence-corrected chi connectivity index (χ4v) is 3.59. The largest absolute Gasteiger partial charge is 0.404 e. The molecule has 0 bridgehead atoms. The maximum atomic E-state index is 10.0. The lowest BCUT2D eigenvalue weighted by molar-refractivity contribution is 0.0484. The van der Waals surface area contributed by atoms with E-state index in [0.717, 1.165) is 12.1 Å². The highest BCUT2D eigenvalue weighted by molar-refractivity contribution is 6.04. The van der Waals surface area contributed by atoms with Gasteiger partial charge in [-0.25, -0.2) is 4.63 Å². The normalized spacial score (nSPS) is 26.4. The highest BCUT2D eigenvalue weighted by atomic mass is 16.6. The SMILES string of the molecule is C/N=C1/NC(C2CNCCO2)=C(C#N)C(c2cccc3nonc23)/C1=C/N. The van der Waals surface area contributed by atoms with E-state index in [0.29, 0.717) is 46.9 Å². The van der Waals surface area contributed by atoms with Gasteiger partial charge in [-0.2, -0.15) is 5.26 Å². The zero-order chi connectivity index (χ0) is 18.8. The van der Waals surface area contributed by atoms with E-state index in [4.69, 9.17) is 15.1 Å². The van der Waals surface area contributed by atoms with E-state index in [1.54, 1.807) is 7.05 Å². The van der Waals surface area contributed by atoms with Gasteiger partial charge in [0.15, 0.2) is 0 Å². The number of hydrogen-bond acceptors (Lipinski definition) is 8. The number of ether oxygens (including phenoxy) is 1. The van der Waals surface area contributed by atoms with Crippen molar-refractivity contribution in [1.82, 2.24) is 20.9 Å². The lowest BCUT2D eigenvalue weighted by Gasteiger charge is -2.35. The first-order chi connectivity index (χ1) is 13.3. The van der Waals surface area contributed by atoms with Gasteiger partial charge in [0.25, 0.3) is 0 Å². The molecule has 0 spiro atoms. The lowest BCUT2D eigenvalue weighted by Crippen LogP contribution is -2.47. The van der Waals surface area contributed by atoms with E-state index in [1.807, 2.05) is 18.2 Å². The lowest BCUT2D eigenvalue weighted by atomic mass is 9.79. The molecule has 0 amide bonds. The smallest absolute Gasteiger partial charge is 0.139 e. The maximum Gasteiger partial charge on any atom is 0.139 e. The highest BCUT2D eigenvalue weighted by Crippen LogP contribution is 2.39. The topological polar surface area (TPSA) is 134 Å². The minimum Gasteiger partial charge on any atom is -0.404 e. The van der Waals surface area contributed by atoms with Crippen LogP contribution in [0.25, 0.3) is 11.0 Å². The molecule has 9 heteroatoms. The number of aromatic nitrogens is 2. The zero-order valence-corrected chi connectivity index (χ0v) is 14.8. The number of nitrogens with one attached hydrogen (secondary N) is 2. The summed E-state index contributed by atoms with van der Waals surface area (Å²) in [6, 6.07) is 7.90. The van der Waals surface area contributed by atoms with Crippen molar-refractivity contribution in [2.24, 2.45) is 10.7 Å². The number of fused-ring (bicyclic) bond motifs is 1. The summed E-state index contributed by atoms with van der Waals surface area (Å²) in [4.78, 5) is 4.34. The van der Waals surface area contributed by atoms with Crippen LogP contribution in [0.1, 0.15) is 11.5 Å². The Bertz CT molecular complexity index is 993. The third-order valence-corrected chi connectivity index (χ3v) is 4.82. The van der Waals surface area contributed by atoms with Crippen LogP contribution in [0.4, 0.5) is 0 Å². The van der Waals surface area contributed by atoms with Crippen molar-refractivity contribution in [3.05, 3.63) is 46.8 Å². The van der Waals surface area contributed by atoms with Crippen molar-refractivity contribution in [1.29, 1.82) is 5.26 Å². The number of nitrogens with two attached hydrogens (primary N) is 1. The summed E-state index contributed by atoms with van der Waals surface area (Å²) in [6.07, 6.45) is 1.20. The van der Waals surface area contributed by atoms with Gasteiger partial charge in [0.1, 0.15) is 23.0 Å². The van der Waals surface area contributed by atoms with Gasteiger partial charge >= 0.3 is 0 Å².